The van der Waals surface area contributed by atoms with Crippen molar-refractivity contribution >= 4 is 5.91 Å². The minimum absolute atomic E-state index is 0.127. The fraction of sp³-hybridized carbons (Fsp3) is 0.714. The summed E-state index contributed by atoms with van der Waals surface area (Å²) >= 11 is 0. The summed E-state index contributed by atoms with van der Waals surface area (Å²) in [6.07, 6.45) is 6.33. The van der Waals surface area contributed by atoms with Crippen LogP contribution in [0.2, 0.25) is 0 Å². The third kappa shape index (κ3) is 2.28. The molecule has 1 aliphatic rings. The summed E-state index contributed by atoms with van der Waals surface area (Å²) in [7, 11) is 0. The molecule has 1 aromatic rings. The van der Waals surface area contributed by atoms with E-state index >= 15 is 0 Å². The zero-order chi connectivity index (χ0) is 13.2. The monoisotopic (exact) mass is 249 g/mol. The number of H-pyrrole nitrogens is 1. The van der Waals surface area contributed by atoms with Crippen molar-refractivity contribution in [2.24, 2.45) is 5.41 Å². The molecule has 2 heterocycles. The van der Waals surface area contributed by atoms with E-state index in [1.165, 1.54) is 12.8 Å². The van der Waals surface area contributed by atoms with Crippen molar-refractivity contribution in [1.29, 1.82) is 0 Å². The summed E-state index contributed by atoms with van der Waals surface area (Å²) in [5, 5.41) is 6.76. The average molecular weight is 249 g/mol. The molecular weight excluding hydrogens is 226 g/mol. The predicted molar refractivity (Wildman–Crippen MR) is 71.5 cm³/mol. The molecule has 0 radical (unpaired) electrons. The summed E-state index contributed by atoms with van der Waals surface area (Å²) in [4.78, 5) is 14.3. The van der Waals surface area contributed by atoms with E-state index in [1.807, 2.05) is 11.8 Å². The molecule has 1 amide bonds. The first kappa shape index (κ1) is 13.1. The molecule has 0 aliphatic carbocycles. The average Bonchev–Trinajstić information content (AvgIpc) is 2.84. The topological polar surface area (TPSA) is 49.0 Å². The highest BCUT2D eigenvalue weighted by Crippen LogP contribution is 2.38. The Kier molecular flexibility index (Phi) is 3.73. The van der Waals surface area contributed by atoms with Crippen molar-refractivity contribution in [2.75, 3.05) is 13.1 Å². The van der Waals surface area contributed by atoms with Crippen molar-refractivity contribution in [2.45, 2.75) is 46.5 Å². The fourth-order valence-electron chi connectivity index (χ4n) is 2.88. The van der Waals surface area contributed by atoms with Crippen LogP contribution in [0.1, 0.15) is 55.6 Å². The van der Waals surface area contributed by atoms with Crippen molar-refractivity contribution in [1.82, 2.24) is 15.1 Å². The molecule has 0 aromatic carbocycles. The Bertz CT molecular complexity index is 410. The second-order valence-electron chi connectivity index (χ2n) is 5.41. The molecule has 0 atom stereocenters. The van der Waals surface area contributed by atoms with E-state index in [4.69, 9.17) is 0 Å². The Morgan fingerprint density at radius 2 is 2.00 bits per heavy atom. The number of hydrogen-bond donors (Lipinski definition) is 1. The van der Waals surface area contributed by atoms with Crippen molar-refractivity contribution < 1.29 is 4.79 Å². The number of piperidine rings is 1. The number of carbonyl (C=O) groups is 1. The lowest BCUT2D eigenvalue weighted by Gasteiger charge is -2.41. The van der Waals surface area contributed by atoms with Gasteiger partial charge in [-0.15, -0.1) is 0 Å². The normalized spacial score (nSPS) is 18.9. The van der Waals surface area contributed by atoms with Gasteiger partial charge in [-0.05, 0) is 25.2 Å². The molecule has 1 N–H and O–H groups in total. The van der Waals surface area contributed by atoms with Gasteiger partial charge in [0.1, 0.15) is 0 Å². The van der Waals surface area contributed by atoms with Crippen LogP contribution < -0.4 is 0 Å². The number of aromatic amines is 1. The number of nitrogens with one attached hydrogen (secondary N) is 1. The van der Waals surface area contributed by atoms with Crippen LogP contribution in [-0.2, 0) is 0 Å². The Morgan fingerprint density at radius 1 is 1.39 bits per heavy atom. The van der Waals surface area contributed by atoms with Gasteiger partial charge < -0.3 is 4.90 Å². The van der Waals surface area contributed by atoms with Crippen LogP contribution in [0.5, 0.6) is 0 Å². The summed E-state index contributed by atoms with van der Waals surface area (Å²) in [5.74, 6) is 0.127. The van der Waals surface area contributed by atoms with Gasteiger partial charge in [0.15, 0.2) is 0 Å². The molecule has 1 aliphatic heterocycles. The molecule has 1 aromatic heterocycles. The van der Waals surface area contributed by atoms with Gasteiger partial charge in [0.2, 0.25) is 0 Å². The van der Waals surface area contributed by atoms with Crippen LogP contribution in [0.3, 0.4) is 0 Å². The fourth-order valence-corrected chi connectivity index (χ4v) is 2.88. The van der Waals surface area contributed by atoms with Crippen LogP contribution in [0, 0.1) is 12.3 Å². The predicted octanol–water partition coefficient (Wildman–Crippen LogP) is 2.76. The second-order valence-corrected chi connectivity index (χ2v) is 5.41. The Hall–Kier alpha value is -1.32. The number of aromatic nitrogens is 2. The third-order valence-corrected chi connectivity index (χ3v) is 4.67. The first-order valence-corrected chi connectivity index (χ1v) is 6.91. The summed E-state index contributed by atoms with van der Waals surface area (Å²) in [5.41, 5.74) is 2.04. The molecule has 1 fully saturated rings. The number of aryl methyl sites for hydroxylation is 1. The highest BCUT2D eigenvalue weighted by Gasteiger charge is 2.33. The van der Waals surface area contributed by atoms with Gasteiger partial charge in [-0.1, -0.05) is 26.7 Å². The third-order valence-electron chi connectivity index (χ3n) is 4.67. The van der Waals surface area contributed by atoms with Gasteiger partial charge in [0.25, 0.3) is 5.91 Å². The van der Waals surface area contributed by atoms with E-state index in [2.05, 4.69) is 24.0 Å². The minimum atomic E-state index is 0.127. The van der Waals surface area contributed by atoms with Crippen LogP contribution in [0.15, 0.2) is 6.20 Å². The minimum Gasteiger partial charge on any atom is -0.339 e. The molecule has 1 saturated heterocycles. The molecule has 0 spiro atoms. The Labute approximate surface area is 109 Å². The second kappa shape index (κ2) is 5.12. The number of hydrogen-bond acceptors (Lipinski definition) is 2. The lowest BCUT2D eigenvalue weighted by molar-refractivity contribution is 0.0557. The molecule has 18 heavy (non-hydrogen) atoms. The summed E-state index contributed by atoms with van der Waals surface area (Å²) < 4.78 is 0. The van der Waals surface area contributed by atoms with Crippen LogP contribution in [0.4, 0.5) is 0 Å². The van der Waals surface area contributed by atoms with Crippen molar-refractivity contribution in [3.8, 4) is 0 Å². The molecule has 0 bridgehead atoms. The zero-order valence-corrected chi connectivity index (χ0v) is 11.6. The molecule has 100 valence electrons. The number of carbonyl (C=O) groups excluding carboxylic acids is 1. The number of rotatable bonds is 3. The highest BCUT2D eigenvalue weighted by molar-refractivity contribution is 5.95. The summed E-state index contributed by atoms with van der Waals surface area (Å²) in [6, 6.07) is 0. The molecule has 2 rings (SSSR count). The first-order chi connectivity index (χ1) is 8.62. The van der Waals surface area contributed by atoms with E-state index in [9.17, 15) is 4.79 Å². The van der Waals surface area contributed by atoms with E-state index in [0.717, 1.165) is 37.2 Å². The van der Waals surface area contributed by atoms with E-state index in [0.29, 0.717) is 5.41 Å². The molecule has 4 nitrogen and oxygen atoms in total. The van der Waals surface area contributed by atoms with Gasteiger partial charge in [0, 0.05) is 18.8 Å². The SMILES string of the molecule is CCC1(CC)CCN(C(=O)c2cn[nH]c2C)CC1. The van der Waals surface area contributed by atoms with Crippen molar-refractivity contribution in [3.05, 3.63) is 17.5 Å². The first-order valence-electron chi connectivity index (χ1n) is 6.91. The smallest absolute Gasteiger partial charge is 0.257 e. The van der Waals surface area contributed by atoms with Crippen molar-refractivity contribution in [3.63, 3.8) is 0 Å². The number of nitrogens with zero attached hydrogens (tertiary/aromatic N) is 2. The Morgan fingerprint density at radius 3 is 2.44 bits per heavy atom. The maximum atomic E-state index is 12.3. The lowest BCUT2D eigenvalue weighted by Crippen LogP contribution is -2.42. The van der Waals surface area contributed by atoms with E-state index < -0.39 is 0 Å². The maximum absolute atomic E-state index is 12.3. The maximum Gasteiger partial charge on any atom is 0.257 e. The molecule has 0 unspecified atom stereocenters. The summed E-state index contributed by atoms with van der Waals surface area (Å²) in [6.45, 7) is 8.19. The van der Waals surface area contributed by atoms with Gasteiger partial charge in [-0.3, -0.25) is 9.89 Å². The standard InChI is InChI=1S/C14H23N3O/c1-4-14(5-2)6-8-17(9-7-14)13(18)12-10-15-16-11(12)3/h10H,4-9H2,1-3H3,(H,15,16). The molecular formula is C14H23N3O. The van der Waals surface area contributed by atoms with Crippen LogP contribution >= 0.6 is 0 Å². The highest BCUT2D eigenvalue weighted by atomic mass is 16.2. The Balaban J connectivity index is 2.02. The van der Waals surface area contributed by atoms with E-state index in [-0.39, 0.29) is 5.91 Å². The van der Waals surface area contributed by atoms with Gasteiger partial charge in [0.05, 0.1) is 11.8 Å². The zero-order valence-electron chi connectivity index (χ0n) is 11.6. The molecule has 0 saturated carbocycles. The number of likely N-dealkylation sites (tertiary alicyclic amines) is 1. The van der Waals surface area contributed by atoms with Gasteiger partial charge >= 0.3 is 0 Å². The van der Waals surface area contributed by atoms with Crippen LogP contribution in [-0.4, -0.2) is 34.1 Å². The van der Waals surface area contributed by atoms with Gasteiger partial charge in [-0.2, -0.15) is 5.10 Å². The van der Waals surface area contributed by atoms with Gasteiger partial charge in [-0.25, -0.2) is 0 Å². The largest absolute Gasteiger partial charge is 0.339 e. The van der Waals surface area contributed by atoms with Crippen LogP contribution in [0.25, 0.3) is 0 Å². The molecule has 4 heteroatoms. The van der Waals surface area contributed by atoms with E-state index in [1.54, 1.807) is 6.20 Å². The number of amides is 1. The quantitative estimate of drug-likeness (QED) is 0.895. The lowest BCUT2D eigenvalue weighted by atomic mass is 9.74.